The number of hydrogen-bond donors (Lipinski definition) is 2. The number of aromatic nitrogens is 3. The summed E-state index contributed by atoms with van der Waals surface area (Å²) >= 11 is 0. The lowest BCUT2D eigenvalue weighted by molar-refractivity contribution is -0.116. The third kappa shape index (κ3) is 4.51. The van der Waals surface area contributed by atoms with Gasteiger partial charge < -0.3 is 10.6 Å². The van der Waals surface area contributed by atoms with Crippen molar-refractivity contribution in [3.63, 3.8) is 0 Å². The molecule has 0 aliphatic carbocycles. The molecule has 3 aromatic rings. The van der Waals surface area contributed by atoms with E-state index in [-0.39, 0.29) is 18.4 Å². The van der Waals surface area contributed by atoms with Gasteiger partial charge in [0.15, 0.2) is 0 Å². The van der Waals surface area contributed by atoms with E-state index < -0.39 is 0 Å². The third-order valence-corrected chi connectivity index (χ3v) is 3.42. The molecule has 0 spiro atoms. The first-order chi connectivity index (χ1) is 12.1. The molecule has 25 heavy (non-hydrogen) atoms. The van der Waals surface area contributed by atoms with Crippen molar-refractivity contribution in [2.24, 2.45) is 0 Å². The number of anilines is 2. The Hall–Kier alpha value is -3.48. The number of carbonyl (C=O) groups excluding carboxylic acids is 2. The van der Waals surface area contributed by atoms with Gasteiger partial charge in [0.05, 0.1) is 18.1 Å². The maximum absolute atomic E-state index is 12.2. The maximum Gasteiger partial charge on any atom is 0.255 e. The highest BCUT2D eigenvalue weighted by molar-refractivity contribution is 6.04. The van der Waals surface area contributed by atoms with Crippen molar-refractivity contribution < 1.29 is 9.59 Å². The van der Waals surface area contributed by atoms with Crippen molar-refractivity contribution >= 4 is 23.2 Å². The lowest BCUT2D eigenvalue weighted by Crippen LogP contribution is -2.19. The number of amides is 2. The van der Waals surface area contributed by atoms with Gasteiger partial charge in [-0.25, -0.2) is 0 Å². The van der Waals surface area contributed by atoms with E-state index in [0.29, 0.717) is 16.9 Å². The minimum Gasteiger partial charge on any atom is -0.324 e. The van der Waals surface area contributed by atoms with Crippen LogP contribution in [0.15, 0.2) is 61.2 Å². The molecule has 0 bridgehead atoms. The number of aryl methyl sites for hydroxylation is 1. The normalized spacial score (nSPS) is 10.3. The van der Waals surface area contributed by atoms with Gasteiger partial charge >= 0.3 is 0 Å². The largest absolute Gasteiger partial charge is 0.324 e. The monoisotopic (exact) mass is 335 g/mol. The molecule has 0 aliphatic rings. The topological polar surface area (TPSA) is 88.9 Å². The predicted octanol–water partition coefficient (Wildman–Crippen LogP) is 2.48. The molecule has 2 N–H and O–H groups in total. The van der Waals surface area contributed by atoms with Crippen LogP contribution in [0.4, 0.5) is 11.4 Å². The Morgan fingerprint density at radius 1 is 1.04 bits per heavy atom. The van der Waals surface area contributed by atoms with Crippen LogP contribution >= 0.6 is 0 Å². The number of benzene rings is 1. The first-order valence-corrected chi connectivity index (χ1v) is 7.70. The second-order valence-corrected chi connectivity index (χ2v) is 5.54. The summed E-state index contributed by atoms with van der Waals surface area (Å²) in [5, 5.41) is 9.60. The average molecular weight is 335 g/mol. The average Bonchev–Trinajstić information content (AvgIpc) is 3.01. The molecule has 3 rings (SSSR count). The summed E-state index contributed by atoms with van der Waals surface area (Å²) in [5.74, 6) is -0.423. The number of nitrogens with one attached hydrogen (secondary N) is 2. The maximum atomic E-state index is 12.2. The van der Waals surface area contributed by atoms with Crippen LogP contribution in [-0.4, -0.2) is 26.6 Å². The number of rotatable bonds is 5. The van der Waals surface area contributed by atoms with Crippen LogP contribution in [0.25, 0.3) is 0 Å². The Kier molecular flexibility index (Phi) is 4.84. The van der Waals surface area contributed by atoms with E-state index in [4.69, 9.17) is 0 Å². The molecule has 0 atom stereocenters. The molecule has 0 aliphatic heterocycles. The molecule has 0 saturated heterocycles. The summed E-state index contributed by atoms with van der Waals surface area (Å²) in [7, 11) is 0. The SMILES string of the molecule is Cc1cnn(CC(=O)Nc2ccc(C(=O)Nc3cccnc3)cc2)c1. The van der Waals surface area contributed by atoms with Gasteiger partial charge in [-0.2, -0.15) is 5.10 Å². The van der Waals surface area contributed by atoms with Crippen LogP contribution in [0.1, 0.15) is 15.9 Å². The Bertz CT molecular complexity index is 872. The molecule has 7 heteroatoms. The van der Waals surface area contributed by atoms with Crippen molar-refractivity contribution in [1.29, 1.82) is 0 Å². The van der Waals surface area contributed by atoms with Crippen molar-refractivity contribution in [3.8, 4) is 0 Å². The van der Waals surface area contributed by atoms with Gasteiger partial charge in [0.1, 0.15) is 6.54 Å². The van der Waals surface area contributed by atoms with Crippen molar-refractivity contribution in [2.45, 2.75) is 13.5 Å². The Labute approximate surface area is 144 Å². The molecular weight excluding hydrogens is 318 g/mol. The van der Waals surface area contributed by atoms with E-state index in [1.165, 1.54) is 0 Å². The minimum absolute atomic E-state index is 0.136. The standard InChI is InChI=1S/C18H17N5O2/c1-13-9-20-23(11-13)12-17(24)21-15-6-4-14(5-7-15)18(25)22-16-3-2-8-19-10-16/h2-11H,12H2,1H3,(H,21,24)(H,22,25). The van der Waals surface area contributed by atoms with Gasteiger partial charge in [0.25, 0.3) is 5.91 Å². The quantitative estimate of drug-likeness (QED) is 0.750. The molecule has 2 aromatic heterocycles. The number of pyridine rings is 1. The zero-order valence-corrected chi connectivity index (χ0v) is 13.6. The van der Waals surface area contributed by atoms with Crippen LogP contribution in [0.5, 0.6) is 0 Å². The van der Waals surface area contributed by atoms with Gasteiger partial charge in [-0.15, -0.1) is 0 Å². The highest BCUT2D eigenvalue weighted by Gasteiger charge is 2.08. The molecule has 2 amide bonds. The number of hydrogen-bond acceptors (Lipinski definition) is 4. The summed E-state index contributed by atoms with van der Waals surface area (Å²) in [6.07, 6.45) is 6.70. The predicted molar refractivity (Wildman–Crippen MR) is 94.2 cm³/mol. The first kappa shape index (κ1) is 16.4. The van der Waals surface area contributed by atoms with E-state index in [1.807, 2.05) is 6.92 Å². The van der Waals surface area contributed by atoms with E-state index in [1.54, 1.807) is 65.9 Å². The highest BCUT2D eigenvalue weighted by Crippen LogP contribution is 2.12. The van der Waals surface area contributed by atoms with Gasteiger partial charge in [-0.1, -0.05) is 0 Å². The number of nitrogens with zero attached hydrogens (tertiary/aromatic N) is 3. The highest BCUT2D eigenvalue weighted by atomic mass is 16.2. The van der Waals surface area contributed by atoms with E-state index in [9.17, 15) is 9.59 Å². The Morgan fingerprint density at radius 2 is 1.84 bits per heavy atom. The van der Waals surface area contributed by atoms with Crippen LogP contribution in [-0.2, 0) is 11.3 Å². The van der Waals surface area contributed by atoms with Crippen LogP contribution in [0, 0.1) is 6.92 Å². The molecule has 0 radical (unpaired) electrons. The molecule has 0 fully saturated rings. The van der Waals surface area contributed by atoms with Gasteiger partial charge in [-0.05, 0) is 48.9 Å². The molecule has 0 saturated carbocycles. The molecule has 126 valence electrons. The zero-order chi connectivity index (χ0) is 17.6. The van der Waals surface area contributed by atoms with Crippen molar-refractivity contribution in [1.82, 2.24) is 14.8 Å². The fourth-order valence-electron chi connectivity index (χ4n) is 2.25. The van der Waals surface area contributed by atoms with Gasteiger partial charge in [-0.3, -0.25) is 19.3 Å². The molecule has 7 nitrogen and oxygen atoms in total. The summed E-state index contributed by atoms with van der Waals surface area (Å²) in [6.45, 7) is 2.05. The second kappa shape index (κ2) is 7.39. The van der Waals surface area contributed by atoms with E-state index in [2.05, 4.69) is 20.7 Å². The lowest BCUT2D eigenvalue weighted by atomic mass is 10.2. The van der Waals surface area contributed by atoms with Crippen molar-refractivity contribution in [3.05, 3.63) is 72.3 Å². The third-order valence-electron chi connectivity index (χ3n) is 3.42. The van der Waals surface area contributed by atoms with E-state index in [0.717, 1.165) is 5.56 Å². The summed E-state index contributed by atoms with van der Waals surface area (Å²) in [5.41, 5.74) is 2.73. The fourth-order valence-corrected chi connectivity index (χ4v) is 2.25. The van der Waals surface area contributed by atoms with Crippen LogP contribution in [0.2, 0.25) is 0 Å². The molecule has 2 heterocycles. The van der Waals surface area contributed by atoms with Crippen molar-refractivity contribution in [2.75, 3.05) is 10.6 Å². The smallest absolute Gasteiger partial charge is 0.255 e. The van der Waals surface area contributed by atoms with Crippen LogP contribution in [0.3, 0.4) is 0 Å². The molecular formula is C18H17N5O2. The lowest BCUT2D eigenvalue weighted by Gasteiger charge is -2.07. The fraction of sp³-hybridized carbons (Fsp3) is 0.111. The van der Waals surface area contributed by atoms with Gasteiger partial charge in [0, 0.05) is 23.6 Å². The Morgan fingerprint density at radius 3 is 2.48 bits per heavy atom. The second-order valence-electron chi connectivity index (χ2n) is 5.54. The van der Waals surface area contributed by atoms with Gasteiger partial charge in [0.2, 0.25) is 5.91 Å². The van der Waals surface area contributed by atoms with Crippen LogP contribution < -0.4 is 10.6 Å². The molecule has 0 unspecified atom stereocenters. The number of carbonyl (C=O) groups is 2. The minimum atomic E-state index is -0.238. The summed E-state index contributed by atoms with van der Waals surface area (Å²) in [6, 6.07) is 10.2. The van der Waals surface area contributed by atoms with E-state index >= 15 is 0 Å². The Balaban J connectivity index is 1.58. The zero-order valence-electron chi connectivity index (χ0n) is 13.6. The molecule has 1 aromatic carbocycles. The summed E-state index contributed by atoms with van der Waals surface area (Å²) < 4.78 is 1.57. The first-order valence-electron chi connectivity index (χ1n) is 7.70. The summed E-state index contributed by atoms with van der Waals surface area (Å²) in [4.78, 5) is 28.1.